The first kappa shape index (κ1) is 23.6. The molecule has 4 atom stereocenters. The Morgan fingerprint density at radius 3 is 2.66 bits per heavy atom. The number of aliphatic hydroxyl groups excluding tert-OH is 2. The fourth-order valence-electron chi connectivity index (χ4n) is 6.37. The number of ether oxygens (including phenoxy) is 1. The van der Waals surface area contributed by atoms with Crippen molar-refractivity contribution in [3.63, 3.8) is 0 Å². The average Bonchev–Trinajstić information content (AvgIpc) is 2.80. The third kappa shape index (κ3) is 3.57. The van der Waals surface area contributed by atoms with E-state index in [0.717, 1.165) is 26.6 Å². The highest BCUT2D eigenvalue weighted by Crippen LogP contribution is 2.54. The lowest BCUT2D eigenvalue weighted by atomic mass is 9.61. The zero-order valence-electron chi connectivity index (χ0n) is 19.5. The minimum atomic E-state index is -2.38. The van der Waals surface area contributed by atoms with Crippen LogP contribution in [0.2, 0.25) is 0 Å². The quantitative estimate of drug-likeness (QED) is 0.323. The van der Waals surface area contributed by atoms with Crippen molar-refractivity contribution < 1.29 is 34.8 Å². The van der Waals surface area contributed by atoms with Gasteiger partial charge in [0.15, 0.2) is 5.78 Å². The monoisotopic (exact) mass is 482 g/mol. The van der Waals surface area contributed by atoms with E-state index < -0.39 is 34.9 Å². The highest BCUT2D eigenvalue weighted by molar-refractivity contribution is 6.13. The van der Waals surface area contributed by atoms with Crippen LogP contribution in [-0.4, -0.2) is 63.0 Å². The van der Waals surface area contributed by atoms with Gasteiger partial charge in [0.1, 0.15) is 22.8 Å². The summed E-state index contributed by atoms with van der Waals surface area (Å²) in [5, 5.41) is 44.2. The van der Waals surface area contributed by atoms with Crippen molar-refractivity contribution in [1.82, 2.24) is 4.90 Å². The smallest absolute Gasteiger partial charge is 0.253 e. The molecule has 6 N–H and O–H groups in total. The number of nitrogens with two attached hydrogens (primary N) is 1. The molecule has 0 bridgehead atoms. The fraction of sp³-hybridized carbons (Fsp3) is 0.462. The maximum atomic E-state index is 13.7. The van der Waals surface area contributed by atoms with Gasteiger partial charge in [0, 0.05) is 44.3 Å². The Hall–Kier alpha value is -3.14. The van der Waals surface area contributed by atoms with Crippen molar-refractivity contribution in [2.24, 2.45) is 23.5 Å². The van der Waals surface area contributed by atoms with E-state index in [1.54, 1.807) is 0 Å². The number of Topliss-reactive ketones (excluding diaryl/α,β-unsaturated/α-hetero) is 1. The van der Waals surface area contributed by atoms with Gasteiger partial charge >= 0.3 is 0 Å². The minimum absolute atomic E-state index is 0.0119. The molecule has 1 amide bonds. The molecule has 35 heavy (non-hydrogen) atoms. The van der Waals surface area contributed by atoms with E-state index in [9.17, 15) is 30.0 Å². The zero-order chi connectivity index (χ0) is 25.1. The van der Waals surface area contributed by atoms with Crippen LogP contribution in [-0.2, 0) is 22.5 Å². The summed E-state index contributed by atoms with van der Waals surface area (Å²) in [6, 6.07) is 3.70. The highest BCUT2D eigenvalue weighted by atomic mass is 16.6. The number of amides is 1. The summed E-state index contributed by atoms with van der Waals surface area (Å²) < 4.78 is 5.25. The van der Waals surface area contributed by atoms with Crippen molar-refractivity contribution in [1.29, 1.82) is 0 Å². The summed E-state index contributed by atoms with van der Waals surface area (Å²) in [5.41, 5.74) is 6.49. The molecule has 0 fully saturated rings. The van der Waals surface area contributed by atoms with Crippen molar-refractivity contribution in [2.75, 3.05) is 20.2 Å². The van der Waals surface area contributed by atoms with Crippen molar-refractivity contribution in [3.05, 3.63) is 63.6 Å². The number of aliphatic hydroxyl groups is 3. The first-order valence-corrected chi connectivity index (χ1v) is 11.9. The van der Waals surface area contributed by atoms with Gasteiger partial charge in [0.2, 0.25) is 5.79 Å². The summed E-state index contributed by atoms with van der Waals surface area (Å²) in [5.74, 6) is -6.81. The lowest BCUT2D eigenvalue weighted by molar-refractivity contribution is -0.213. The molecule has 9 nitrogen and oxygen atoms in total. The lowest BCUT2D eigenvalue weighted by Gasteiger charge is -2.48. The van der Waals surface area contributed by atoms with Crippen LogP contribution in [0.3, 0.4) is 0 Å². The molecule has 0 spiro atoms. The Bertz CT molecular complexity index is 1200. The third-order valence-corrected chi connectivity index (χ3v) is 7.94. The molecule has 1 heterocycles. The number of fused-ring (bicyclic) bond motifs is 3. The van der Waals surface area contributed by atoms with E-state index in [4.69, 9.17) is 10.5 Å². The Kier molecular flexibility index (Phi) is 5.74. The highest BCUT2D eigenvalue weighted by Gasteiger charge is 2.58. The van der Waals surface area contributed by atoms with Gasteiger partial charge in [-0.3, -0.25) is 14.5 Å². The Morgan fingerprint density at radius 2 is 2.00 bits per heavy atom. The van der Waals surface area contributed by atoms with Gasteiger partial charge in [-0.05, 0) is 36.7 Å². The van der Waals surface area contributed by atoms with Crippen LogP contribution in [0.15, 0.2) is 46.9 Å². The molecule has 4 unspecified atom stereocenters. The molecule has 5 rings (SSSR count). The molecule has 0 saturated carbocycles. The molecule has 1 aliphatic heterocycles. The van der Waals surface area contributed by atoms with Gasteiger partial charge in [-0.1, -0.05) is 24.3 Å². The molecule has 1 aromatic carbocycles. The minimum Gasteiger partial charge on any atom is -0.512 e. The van der Waals surface area contributed by atoms with Crippen molar-refractivity contribution in [3.8, 4) is 5.75 Å². The van der Waals surface area contributed by atoms with E-state index in [-0.39, 0.29) is 40.7 Å². The van der Waals surface area contributed by atoms with E-state index in [1.807, 2.05) is 12.1 Å². The first-order chi connectivity index (χ1) is 16.7. The number of hydrogen-bond acceptors (Lipinski definition) is 8. The topological polar surface area (TPSA) is 154 Å². The molecule has 0 radical (unpaired) electrons. The zero-order valence-corrected chi connectivity index (χ0v) is 19.5. The maximum Gasteiger partial charge on any atom is 0.253 e. The maximum absolute atomic E-state index is 13.7. The second kappa shape index (κ2) is 8.51. The number of carbonyl (C=O) groups excluding carboxylic acids is 2. The van der Waals surface area contributed by atoms with Crippen LogP contribution in [0.1, 0.15) is 40.7 Å². The van der Waals surface area contributed by atoms with Crippen molar-refractivity contribution >= 4 is 11.7 Å². The molecule has 0 saturated heterocycles. The van der Waals surface area contributed by atoms with E-state index in [1.165, 1.54) is 0 Å². The number of nitrogens with zero attached hydrogens (tertiary/aromatic N) is 1. The lowest BCUT2D eigenvalue weighted by Crippen LogP contribution is -2.55. The molecule has 4 aliphatic rings. The molecule has 0 aromatic heterocycles. The molecule has 186 valence electrons. The summed E-state index contributed by atoms with van der Waals surface area (Å²) in [6.07, 6.45) is 5.92. The van der Waals surface area contributed by atoms with Crippen LogP contribution < -0.4 is 5.73 Å². The summed E-state index contributed by atoms with van der Waals surface area (Å²) in [7, 11) is 1.15. The van der Waals surface area contributed by atoms with Crippen LogP contribution in [0, 0.1) is 17.8 Å². The number of aromatic hydroxyl groups is 1. The second-order valence-electron chi connectivity index (χ2n) is 9.90. The Morgan fingerprint density at radius 1 is 1.23 bits per heavy atom. The van der Waals surface area contributed by atoms with Crippen molar-refractivity contribution in [2.45, 2.75) is 38.0 Å². The van der Waals surface area contributed by atoms with Gasteiger partial charge in [0.25, 0.3) is 5.91 Å². The van der Waals surface area contributed by atoms with Gasteiger partial charge in [-0.2, -0.15) is 0 Å². The fourth-order valence-corrected chi connectivity index (χ4v) is 6.37. The molecule has 9 heteroatoms. The molecular formula is C26H30N2O7. The Labute approximate surface area is 202 Å². The number of rotatable bonds is 4. The van der Waals surface area contributed by atoms with Gasteiger partial charge in [0.05, 0.1) is 11.5 Å². The predicted molar refractivity (Wildman–Crippen MR) is 125 cm³/mol. The summed E-state index contributed by atoms with van der Waals surface area (Å²) in [6.45, 7) is 2.11. The molecule has 3 aliphatic carbocycles. The largest absolute Gasteiger partial charge is 0.512 e. The molecular weight excluding hydrogens is 452 g/mol. The number of primary amides is 1. The predicted octanol–water partition coefficient (Wildman–Crippen LogP) is 1.99. The summed E-state index contributed by atoms with van der Waals surface area (Å²) >= 11 is 0. The third-order valence-electron chi connectivity index (χ3n) is 7.94. The normalized spacial score (nSPS) is 30.7. The number of methoxy groups -OCH3 is 1. The van der Waals surface area contributed by atoms with Gasteiger partial charge < -0.3 is 30.9 Å². The first-order valence-electron chi connectivity index (χ1n) is 11.9. The van der Waals surface area contributed by atoms with E-state index in [0.29, 0.717) is 30.5 Å². The van der Waals surface area contributed by atoms with Crippen LogP contribution in [0.5, 0.6) is 5.75 Å². The number of ketones is 1. The van der Waals surface area contributed by atoms with Gasteiger partial charge in [-0.15, -0.1) is 0 Å². The van der Waals surface area contributed by atoms with Crippen LogP contribution in [0.4, 0.5) is 0 Å². The average molecular weight is 483 g/mol. The van der Waals surface area contributed by atoms with Gasteiger partial charge in [-0.25, -0.2) is 0 Å². The number of benzene rings is 1. The van der Waals surface area contributed by atoms with E-state index in [2.05, 4.69) is 17.1 Å². The number of allylic oxidation sites excluding steroid dienone is 2. The number of carbonyl (C=O) groups is 2. The number of hydrogen-bond donors (Lipinski definition) is 5. The van der Waals surface area contributed by atoms with Crippen LogP contribution in [0.25, 0.3) is 0 Å². The molecule has 1 aromatic rings. The standard InChI is InChI=1S/C26H30N2O7/c1-35-26(34)20-16(11-17(29)21(26)25(27)33)10-15-9-13-5-6-14(12-28-7-3-2-4-8-28)22(30)18(13)23(31)19(15)24(20)32/h2-3,5-6,15-16,20,29-30,32,34H,4,7-12H2,1H3,(H2,27,33). The second-order valence-corrected chi connectivity index (χ2v) is 9.90. The van der Waals surface area contributed by atoms with Crippen LogP contribution >= 0.6 is 0 Å². The summed E-state index contributed by atoms with van der Waals surface area (Å²) in [4.78, 5) is 27.9. The Balaban J connectivity index is 1.56. The number of phenols is 1. The SMILES string of the molecule is COC1(O)C(C(N)=O)=C(O)CC2CC3Cc4ccc(CN5CC=CCC5)c(O)c4C(=O)C3=C(O)C21. The number of phenolic OH excluding ortho intramolecular Hbond substituents is 1. The van der Waals surface area contributed by atoms with E-state index >= 15 is 0 Å².